The molecule has 0 saturated carbocycles. The van der Waals surface area contributed by atoms with E-state index in [4.69, 9.17) is 0 Å². The van der Waals surface area contributed by atoms with E-state index in [1.165, 1.54) is 57.1 Å². The molecule has 2 heteroatoms. The Bertz CT molecular complexity index is 74.2. The Labute approximate surface area is 92.0 Å². The third-order valence-electron chi connectivity index (χ3n) is 2.20. The zero-order valence-corrected chi connectivity index (χ0v) is 10.8. The van der Waals surface area contributed by atoms with Crippen molar-refractivity contribution in [3.63, 3.8) is 0 Å². The maximum absolute atomic E-state index is 2.28. The van der Waals surface area contributed by atoms with Gasteiger partial charge in [0.1, 0.15) is 0 Å². The monoisotopic (exact) mass is 220 g/mol. The second kappa shape index (κ2) is 12.7. The molecule has 80 valence electrons. The van der Waals surface area contributed by atoms with Crippen molar-refractivity contribution in [1.29, 1.82) is 0 Å². The number of unbranched alkanes of at least 4 members (excludes halogenated alkanes) is 7. The van der Waals surface area contributed by atoms with E-state index in [2.05, 4.69) is 13.2 Å². The van der Waals surface area contributed by atoms with Crippen LogP contribution in [0.3, 0.4) is 0 Å². The van der Waals surface area contributed by atoms with Gasteiger partial charge in [0.25, 0.3) is 0 Å². The average molecular weight is 220 g/mol. The SMILES string of the molecule is CCCCCCCCCCSSC. The quantitative estimate of drug-likeness (QED) is 0.369. The Morgan fingerprint density at radius 1 is 0.769 bits per heavy atom. The Hall–Kier alpha value is 0.700. The molecule has 0 fully saturated rings. The second-order valence-corrected chi connectivity index (χ2v) is 6.15. The minimum atomic E-state index is 1.34. The predicted molar refractivity (Wildman–Crippen MR) is 68.6 cm³/mol. The normalized spacial score (nSPS) is 10.6. The van der Waals surface area contributed by atoms with Crippen LogP contribution >= 0.6 is 21.6 Å². The van der Waals surface area contributed by atoms with E-state index in [0.717, 1.165) is 0 Å². The lowest BCUT2D eigenvalue weighted by Crippen LogP contribution is -1.81. The van der Waals surface area contributed by atoms with Gasteiger partial charge in [0.2, 0.25) is 0 Å². The van der Waals surface area contributed by atoms with Gasteiger partial charge in [0, 0.05) is 5.75 Å². The first kappa shape index (κ1) is 13.7. The Morgan fingerprint density at radius 3 is 1.85 bits per heavy atom. The lowest BCUT2D eigenvalue weighted by atomic mass is 10.1. The van der Waals surface area contributed by atoms with Crippen molar-refractivity contribution in [2.45, 2.75) is 58.3 Å². The summed E-state index contributed by atoms with van der Waals surface area (Å²) in [6.07, 6.45) is 13.7. The smallest absolute Gasteiger partial charge is 0.00368 e. The minimum Gasteiger partial charge on any atom is -0.0976 e. The predicted octanol–water partition coefficient (Wildman–Crippen LogP) is 5.14. The fraction of sp³-hybridized carbons (Fsp3) is 1.00. The van der Waals surface area contributed by atoms with Gasteiger partial charge >= 0.3 is 0 Å². The highest BCUT2D eigenvalue weighted by Crippen LogP contribution is 2.19. The molecule has 0 spiro atoms. The zero-order chi connectivity index (χ0) is 9.78. The van der Waals surface area contributed by atoms with E-state index in [-0.39, 0.29) is 0 Å². The van der Waals surface area contributed by atoms with Crippen molar-refractivity contribution in [2.24, 2.45) is 0 Å². The van der Waals surface area contributed by atoms with E-state index in [1.807, 2.05) is 21.6 Å². The molecule has 0 aromatic heterocycles. The van der Waals surface area contributed by atoms with E-state index in [1.54, 1.807) is 0 Å². The van der Waals surface area contributed by atoms with E-state index < -0.39 is 0 Å². The maximum Gasteiger partial charge on any atom is 0.00368 e. The Balaban J connectivity index is 2.76. The van der Waals surface area contributed by atoms with Gasteiger partial charge in [-0.05, 0) is 12.7 Å². The highest BCUT2D eigenvalue weighted by Gasteiger charge is 1.91. The van der Waals surface area contributed by atoms with Gasteiger partial charge in [-0.1, -0.05) is 73.5 Å². The van der Waals surface area contributed by atoms with Crippen LogP contribution in [0.4, 0.5) is 0 Å². The largest absolute Gasteiger partial charge is 0.0976 e. The molecule has 0 nitrogen and oxygen atoms in total. The van der Waals surface area contributed by atoms with Gasteiger partial charge in [-0.3, -0.25) is 0 Å². The van der Waals surface area contributed by atoms with Crippen molar-refractivity contribution in [2.75, 3.05) is 12.0 Å². The second-order valence-electron chi connectivity index (χ2n) is 3.46. The van der Waals surface area contributed by atoms with Crippen LogP contribution in [0.15, 0.2) is 0 Å². The molecule has 0 radical (unpaired) electrons. The van der Waals surface area contributed by atoms with Gasteiger partial charge in [-0.25, -0.2) is 0 Å². The lowest BCUT2D eigenvalue weighted by molar-refractivity contribution is 0.586. The molecule has 0 bridgehead atoms. The topological polar surface area (TPSA) is 0 Å². The summed E-state index contributed by atoms with van der Waals surface area (Å²) in [6, 6.07) is 0. The molecule has 0 aliphatic carbocycles. The summed E-state index contributed by atoms with van der Waals surface area (Å²) < 4.78 is 0. The highest BCUT2D eigenvalue weighted by molar-refractivity contribution is 8.76. The third-order valence-corrected chi connectivity index (χ3v) is 4.10. The number of hydrogen-bond acceptors (Lipinski definition) is 2. The van der Waals surface area contributed by atoms with E-state index >= 15 is 0 Å². The molecular formula is C11H24S2. The summed E-state index contributed by atoms with van der Waals surface area (Å²) in [5.74, 6) is 1.34. The maximum atomic E-state index is 2.28. The molecule has 0 N–H and O–H groups in total. The van der Waals surface area contributed by atoms with Gasteiger partial charge in [0.15, 0.2) is 0 Å². The fourth-order valence-corrected chi connectivity index (χ4v) is 2.72. The average Bonchev–Trinajstić information content (AvgIpc) is 2.16. The molecule has 0 heterocycles. The summed E-state index contributed by atoms with van der Waals surface area (Å²) in [6.45, 7) is 2.28. The number of hydrogen-bond donors (Lipinski definition) is 0. The third kappa shape index (κ3) is 12.7. The van der Waals surface area contributed by atoms with Crippen molar-refractivity contribution in [3.05, 3.63) is 0 Å². The van der Waals surface area contributed by atoms with Gasteiger partial charge in [-0.15, -0.1) is 0 Å². The first-order chi connectivity index (χ1) is 6.41. The van der Waals surface area contributed by atoms with Gasteiger partial charge in [0.05, 0.1) is 0 Å². The molecule has 0 saturated heterocycles. The summed E-state index contributed by atoms with van der Waals surface area (Å²) in [4.78, 5) is 0. The van der Waals surface area contributed by atoms with Gasteiger partial charge < -0.3 is 0 Å². The van der Waals surface area contributed by atoms with Gasteiger partial charge in [-0.2, -0.15) is 0 Å². The first-order valence-corrected chi connectivity index (χ1v) is 8.30. The van der Waals surface area contributed by atoms with Crippen LogP contribution in [-0.2, 0) is 0 Å². The van der Waals surface area contributed by atoms with Crippen LogP contribution in [-0.4, -0.2) is 12.0 Å². The molecular weight excluding hydrogens is 196 g/mol. The standard InChI is InChI=1S/C11H24S2/c1-3-4-5-6-7-8-9-10-11-13-12-2/h3-11H2,1-2H3. The summed E-state index contributed by atoms with van der Waals surface area (Å²) in [5.41, 5.74) is 0. The van der Waals surface area contributed by atoms with Crippen molar-refractivity contribution in [3.8, 4) is 0 Å². The highest BCUT2D eigenvalue weighted by atomic mass is 33.1. The fourth-order valence-electron chi connectivity index (χ4n) is 1.38. The van der Waals surface area contributed by atoms with Crippen molar-refractivity contribution in [1.82, 2.24) is 0 Å². The summed E-state index contributed by atoms with van der Waals surface area (Å²) >= 11 is 0. The first-order valence-electron chi connectivity index (χ1n) is 5.57. The Kier molecular flexibility index (Phi) is 13.4. The molecule has 0 aliphatic rings. The number of rotatable bonds is 10. The lowest BCUT2D eigenvalue weighted by Gasteiger charge is -2.00. The molecule has 0 aliphatic heterocycles. The molecule has 0 aromatic carbocycles. The van der Waals surface area contributed by atoms with Crippen LogP contribution in [0, 0.1) is 0 Å². The summed E-state index contributed by atoms with van der Waals surface area (Å²) in [5, 5.41) is 0. The molecule has 0 aromatic rings. The minimum absolute atomic E-state index is 1.34. The van der Waals surface area contributed by atoms with Crippen LogP contribution < -0.4 is 0 Å². The molecule has 0 atom stereocenters. The Morgan fingerprint density at radius 2 is 1.31 bits per heavy atom. The van der Waals surface area contributed by atoms with Crippen LogP contribution in [0.5, 0.6) is 0 Å². The van der Waals surface area contributed by atoms with E-state index in [9.17, 15) is 0 Å². The molecule has 0 amide bonds. The van der Waals surface area contributed by atoms with Crippen molar-refractivity contribution >= 4 is 21.6 Å². The zero-order valence-electron chi connectivity index (χ0n) is 9.18. The van der Waals surface area contributed by atoms with Crippen LogP contribution in [0.2, 0.25) is 0 Å². The van der Waals surface area contributed by atoms with Crippen molar-refractivity contribution < 1.29 is 0 Å². The summed E-state index contributed by atoms with van der Waals surface area (Å²) in [7, 11) is 3.89. The van der Waals surface area contributed by atoms with Crippen LogP contribution in [0.25, 0.3) is 0 Å². The van der Waals surface area contributed by atoms with E-state index in [0.29, 0.717) is 0 Å². The molecule has 13 heavy (non-hydrogen) atoms. The molecule has 0 unspecified atom stereocenters. The molecule has 0 rings (SSSR count). The van der Waals surface area contributed by atoms with Crippen LogP contribution in [0.1, 0.15) is 58.3 Å².